The van der Waals surface area contributed by atoms with Gasteiger partial charge in [-0.1, -0.05) is 36.4 Å². The van der Waals surface area contributed by atoms with Gasteiger partial charge < -0.3 is 15.1 Å². The first kappa shape index (κ1) is 15.8. The molecular weight excluding hydrogens is 304 g/mol. The molecule has 1 unspecified atom stereocenters. The molecule has 0 spiro atoms. The molecule has 0 aliphatic rings. The molecule has 0 bridgehead atoms. The Hall–Kier alpha value is -3.08. The number of benzene rings is 2. The van der Waals surface area contributed by atoms with Gasteiger partial charge in [-0.05, 0) is 41.5 Å². The van der Waals surface area contributed by atoms with E-state index in [1.54, 1.807) is 19.1 Å². The van der Waals surface area contributed by atoms with Crippen LogP contribution in [0.2, 0.25) is 0 Å². The maximum absolute atomic E-state index is 12.1. The topological polar surface area (TPSA) is 71.3 Å². The SMILES string of the molecule is CC(NC(=O)c1ccco1)C(=O)NCc1ccc2ccccc2c1. The number of furan rings is 1. The Balaban J connectivity index is 1.56. The number of nitrogens with one attached hydrogen (secondary N) is 2. The van der Waals surface area contributed by atoms with E-state index in [-0.39, 0.29) is 11.7 Å². The minimum absolute atomic E-state index is 0.184. The van der Waals surface area contributed by atoms with E-state index in [2.05, 4.69) is 10.6 Å². The number of carbonyl (C=O) groups excluding carboxylic acids is 2. The van der Waals surface area contributed by atoms with E-state index >= 15 is 0 Å². The van der Waals surface area contributed by atoms with Gasteiger partial charge in [0.25, 0.3) is 5.91 Å². The van der Waals surface area contributed by atoms with Crippen molar-refractivity contribution in [3.05, 3.63) is 72.2 Å². The summed E-state index contributed by atoms with van der Waals surface area (Å²) in [5, 5.41) is 7.72. The lowest BCUT2D eigenvalue weighted by atomic mass is 10.1. The standard InChI is InChI=1S/C19H18N2O3/c1-13(21-19(23)17-7-4-10-24-17)18(22)20-12-14-8-9-15-5-2-3-6-16(15)11-14/h2-11,13H,12H2,1H3,(H,20,22)(H,21,23). The van der Waals surface area contributed by atoms with Crippen LogP contribution in [-0.4, -0.2) is 17.9 Å². The zero-order valence-corrected chi connectivity index (χ0v) is 13.3. The molecule has 122 valence electrons. The lowest BCUT2D eigenvalue weighted by Gasteiger charge is -2.13. The van der Waals surface area contributed by atoms with Crippen molar-refractivity contribution in [3.63, 3.8) is 0 Å². The smallest absolute Gasteiger partial charge is 0.287 e. The van der Waals surface area contributed by atoms with Crippen LogP contribution in [0.1, 0.15) is 23.0 Å². The average Bonchev–Trinajstić information content (AvgIpc) is 3.14. The van der Waals surface area contributed by atoms with E-state index in [4.69, 9.17) is 4.42 Å². The molecule has 0 fully saturated rings. The van der Waals surface area contributed by atoms with Crippen LogP contribution in [0, 0.1) is 0 Å². The van der Waals surface area contributed by atoms with Crippen molar-refractivity contribution in [3.8, 4) is 0 Å². The van der Waals surface area contributed by atoms with Crippen LogP contribution in [0.4, 0.5) is 0 Å². The van der Waals surface area contributed by atoms with E-state index in [1.165, 1.54) is 6.26 Å². The summed E-state index contributed by atoms with van der Waals surface area (Å²) in [7, 11) is 0. The minimum atomic E-state index is -0.650. The number of hydrogen-bond donors (Lipinski definition) is 2. The number of fused-ring (bicyclic) bond motifs is 1. The van der Waals surface area contributed by atoms with Gasteiger partial charge in [0.1, 0.15) is 6.04 Å². The van der Waals surface area contributed by atoms with Crippen LogP contribution >= 0.6 is 0 Å². The number of rotatable bonds is 5. The summed E-state index contributed by atoms with van der Waals surface area (Å²) >= 11 is 0. The molecule has 2 N–H and O–H groups in total. The molecule has 0 saturated carbocycles. The fraction of sp³-hybridized carbons (Fsp3) is 0.158. The second kappa shape index (κ2) is 7.00. The first-order valence-corrected chi connectivity index (χ1v) is 7.73. The highest BCUT2D eigenvalue weighted by atomic mass is 16.3. The summed E-state index contributed by atoms with van der Waals surface area (Å²) < 4.78 is 5.00. The van der Waals surface area contributed by atoms with Crippen molar-refractivity contribution >= 4 is 22.6 Å². The molecule has 5 heteroatoms. The molecular formula is C19H18N2O3. The lowest BCUT2D eigenvalue weighted by Crippen LogP contribution is -2.44. The number of amides is 2. The molecule has 3 rings (SSSR count). The summed E-state index contributed by atoms with van der Waals surface area (Å²) in [6, 6.07) is 16.6. The minimum Gasteiger partial charge on any atom is -0.459 e. The third kappa shape index (κ3) is 3.63. The predicted octanol–water partition coefficient (Wildman–Crippen LogP) is 2.87. The van der Waals surface area contributed by atoms with Gasteiger partial charge in [0, 0.05) is 6.54 Å². The Kier molecular flexibility index (Phi) is 4.61. The van der Waals surface area contributed by atoms with Gasteiger partial charge in [0.15, 0.2) is 5.76 Å². The fourth-order valence-corrected chi connectivity index (χ4v) is 2.43. The van der Waals surface area contributed by atoms with Crippen LogP contribution in [-0.2, 0) is 11.3 Å². The maximum Gasteiger partial charge on any atom is 0.287 e. The Labute approximate surface area is 139 Å². The second-order valence-electron chi connectivity index (χ2n) is 5.57. The zero-order chi connectivity index (χ0) is 16.9. The zero-order valence-electron chi connectivity index (χ0n) is 13.3. The Morgan fingerprint density at radius 1 is 1.04 bits per heavy atom. The molecule has 0 aliphatic heterocycles. The van der Waals surface area contributed by atoms with Crippen molar-refractivity contribution in [2.45, 2.75) is 19.5 Å². The molecule has 5 nitrogen and oxygen atoms in total. The van der Waals surface area contributed by atoms with Gasteiger partial charge >= 0.3 is 0 Å². The molecule has 1 heterocycles. The van der Waals surface area contributed by atoms with Crippen molar-refractivity contribution in [2.24, 2.45) is 0 Å². The van der Waals surface area contributed by atoms with E-state index in [0.717, 1.165) is 16.3 Å². The molecule has 2 aromatic carbocycles. The van der Waals surface area contributed by atoms with Crippen LogP contribution in [0.15, 0.2) is 65.3 Å². The molecule has 24 heavy (non-hydrogen) atoms. The van der Waals surface area contributed by atoms with Crippen LogP contribution in [0.5, 0.6) is 0 Å². The van der Waals surface area contributed by atoms with Crippen LogP contribution in [0.25, 0.3) is 10.8 Å². The van der Waals surface area contributed by atoms with E-state index in [0.29, 0.717) is 6.54 Å². The van der Waals surface area contributed by atoms with Crippen LogP contribution in [0.3, 0.4) is 0 Å². The summed E-state index contributed by atoms with van der Waals surface area (Å²) in [6.07, 6.45) is 1.42. The van der Waals surface area contributed by atoms with Crippen molar-refractivity contribution in [1.29, 1.82) is 0 Å². The molecule has 0 radical (unpaired) electrons. The van der Waals surface area contributed by atoms with Crippen molar-refractivity contribution in [1.82, 2.24) is 10.6 Å². The summed E-state index contributed by atoms with van der Waals surface area (Å²) in [5.74, 6) is -0.472. The number of carbonyl (C=O) groups is 2. The van der Waals surface area contributed by atoms with Crippen LogP contribution < -0.4 is 10.6 Å². The maximum atomic E-state index is 12.1. The van der Waals surface area contributed by atoms with E-state index in [9.17, 15) is 9.59 Å². The van der Waals surface area contributed by atoms with Gasteiger partial charge in [-0.25, -0.2) is 0 Å². The predicted molar refractivity (Wildman–Crippen MR) is 91.4 cm³/mol. The summed E-state index contributed by atoms with van der Waals surface area (Å²) in [4.78, 5) is 24.0. The molecule has 3 aromatic rings. The Morgan fingerprint density at radius 2 is 1.83 bits per heavy atom. The monoisotopic (exact) mass is 322 g/mol. The average molecular weight is 322 g/mol. The molecule has 1 atom stereocenters. The molecule has 0 aliphatic carbocycles. The highest BCUT2D eigenvalue weighted by Gasteiger charge is 2.17. The highest BCUT2D eigenvalue weighted by Crippen LogP contribution is 2.15. The molecule has 0 saturated heterocycles. The third-order valence-corrected chi connectivity index (χ3v) is 3.77. The first-order valence-electron chi connectivity index (χ1n) is 7.73. The third-order valence-electron chi connectivity index (χ3n) is 3.77. The second-order valence-corrected chi connectivity index (χ2v) is 5.57. The van der Waals surface area contributed by atoms with Gasteiger partial charge in [-0.2, -0.15) is 0 Å². The van der Waals surface area contributed by atoms with Gasteiger partial charge in [-0.15, -0.1) is 0 Å². The normalized spacial score (nSPS) is 11.9. The Morgan fingerprint density at radius 3 is 2.58 bits per heavy atom. The molecule has 1 aromatic heterocycles. The van der Waals surface area contributed by atoms with Crippen molar-refractivity contribution in [2.75, 3.05) is 0 Å². The highest BCUT2D eigenvalue weighted by molar-refractivity contribution is 5.95. The molecule has 2 amide bonds. The lowest BCUT2D eigenvalue weighted by molar-refractivity contribution is -0.122. The summed E-state index contributed by atoms with van der Waals surface area (Å²) in [6.45, 7) is 2.04. The van der Waals surface area contributed by atoms with Gasteiger partial charge in [-0.3, -0.25) is 9.59 Å². The summed E-state index contributed by atoms with van der Waals surface area (Å²) in [5.41, 5.74) is 1.01. The number of hydrogen-bond acceptors (Lipinski definition) is 3. The quantitative estimate of drug-likeness (QED) is 0.759. The van der Waals surface area contributed by atoms with Crippen molar-refractivity contribution < 1.29 is 14.0 Å². The largest absolute Gasteiger partial charge is 0.459 e. The van der Waals surface area contributed by atoms with Gasteiger partial charge in [0.2, 0.25) is 5.91 Å². The van der Waals surface area contributed by atoms with E-state index < -0.39 is 11.9 Å². The Bertz CT molecular complexity index is 856. The fourth-order valence-electron chi connectivity index (χ4n) is 2.43. The first-order chi connectivity index (χ1) is 11.6. The van der Waals surface area contributed by atoms with Gasteiger partial charge in [0.05, 0.1) is 6.26 Å². The van der Waals surface area contributed by atoms with E-state index in [1.807, 2.05) is 42.5 Å².